The Morgan fingerprint density at radius 1 is 1.20 bits per heavy atom. The molecular formula is C17H20N2O4S2. The van der Waals surface area contributed by atoms with E-state index in [0.717, 1.165) is 10.4 Å². The molecule has 0 radical (unpaired) electrons. The first kappa shape index (κ1) is 19.3. The van der Waals surface area contributed by atoms with Crippen molar-refractivity contribution in [2.24, 2.45) is 0 Å². The van der Waals surface area contributed by atoms with Crippen molar-refractivity contribution in [1.82, 2.24) is 10.0 Å². The number of ketones is 1. The Labute approximate surface area is 151 Å². The minimum absolute atomic E-state index is 0.00909. The molecule has 25 heavy (non-hydrogen) atoms. The van der Waals surface area contributed by atoms with Crippen LogP contribution in [0.2, 0.25) is 0 Å². The van der Waals surface area contributed by atoms with Crippen molar-refractivity contribution >= 4 is 33.1 Å². The smallest absolute Gasteiger partial charge is 0.240 e. The average Bonchev–Trinajstić information content (AvgIpc) is 2.98. The van der Waals surface area contributed by atoms with E-state index in [1.165, 1.54) is 25.1 Å². The van der Waals surface area contributed by atoms with Crippen LogP contribution in [-0.2, 0) is 21.4 Å². The number of rotatable bonds is 8. The van der Waals surface area contributed by atoms with Gasteiger partial charge < -0.3 is 5.32 Å². The summed E-state index contributed by atoms with van der Waals surface area (Å²) in [4.78, 5) is 24.3. The number of carbonyl (C=O) groups is 2. The van der Waals surface area contributed by atoms with Crippen LogP contribution in [0.5, 0.6) is 0 Å². The number of hydrogen-bond donors (Lipinski definition) is 2. The maximum absolute atomic E-state index is 12.2. The zero-order chi connectivity index (χ0) is 18.4. The molecule has 0 aliphatic rings. The van der Waals surface area contributed by atoms with Gasteiger partial charge >= 0.3 is 0 Å². The molecule has 1 amide bonds. The molecule has 0 aliphatic carbocycles. The normalized spacial score (nSPS) is 11.3. The molecule has 0 saturated heterocycles. The third-order valence-electron chi connectivity index (χ3n) is 3.61. The van der Waals surface area contributed by atoms with E-state index in [0.29, 0.717) is 12.1 Å². The van der Waals surface area contributed by atoms with Gasteiger partial charge in [0.15, 0.2) is 5.78 Å². The quantitative estimate of drug-likeness (QED) is 0.687. The maximum Gasteiger partial charge on any atom is 0.240 e. The van der Waals surface area contributed by atoms with Crippen molar-refractivity contribution in [2.75, 3.05) is 6.54 Å². The zero-order valence-corrected chi connectivity index (χ0v) is 15.7. The van der Waals surface area contributed by atoms with E-state index in [-0.39, 0.29) is 29.6 Å². The van der Waals surface area contributed by atoms with E-state index in [1.807, 2.05) is 18.4 Å². The van der Waals surface area contributed by atoms with E-state index in [1.54, 1.807) is 17.4 Å². The maximum atomic E-state index is 12.2. The molecule has 0 aliphatic heterocycles. The van der Waals surface area contributed by atoms with E-state index in [2.05, 4.69) is 10.0 Å². The molecule has 0 spiro atoms. The molecule has 1 aromatic carbocycles. The molecular weight excluding hydrogens is 360 g/mol. The molecule has 6 nitrogen and oxygen atoms in total. The summed E-state index contributed by atoms with van der Waals surface area (Å²) in [6, 6.07) is 7.79. The van der Waals surface area contributed by atoms with Gasteiger partial charge in [-0.3, -0.25) is 9.59 Å². The van der Waals surface area contributed by atoms with Gasteiger partial charge in [0.1, 0.15) is 0 Å². The molecule has 0 atom stereocenters. The lowest BCUT2D eigenvalue weighted by atomic mass is 10.2. The third kappa shape index (κ3) is 5.48. The summed E-state index contributed by atoms with van der Waals surface area (Å²) in [6.07, 6.45) is 0.0377. The van der Waals surface area contributed by atoms with Gasteiger partial charge in [-0.05, 0) is 43.0 Å². The van der Waals surface area contributed by atoms with Gasteiger partial charge in [0.25, 0.3) is 0 Å². The molecule has 2 aromatic rings. The van der Waals surface area contributed by atoms with Gasteiger partial charge in [0.05, 0.1) is 11.4 Å². The Kier molecular flexibility index (Phi) is 6.46. The Morgan fingerprint density at radius 2 is 1.96 bits per heavy atom. The van der Waals surface area contributed by atoms with Crippen LogP contribution in [0.25, 0.3) is 0 Å². The predicted octanol–water partition coefficient (Wildman–Crippen LogP) is 2.24. The van der Waals surface area contributed by atoms with E-state index in [4.69, 9.17) is 0 Å². The number of sulfonamides is 1. The summed E-state index contributed by atoms with van der Waals surface area (Å²) in [7, 11) is -3.76. The van der Waals surface area contributed by atoms with Crippen molar-refractivity contribution in [2.45, 2.75) is 31.7 Å². The van der Waals surface area contributed by atoms with Crippen molar-refractivity contribution in [3.63, 3.8) is 0 Å². The Hall–Kier alpha value is -2.03. The summed E-state index contributed by atoms with van der Waals surface area (Å²) in [5.74, 6) is -0.437. The Balaban J connectivity index is 1.85. The standard InChI is InChI=1S/C17H20N2O4S2/c1-12-7-9-24-16(12)11-18-17(21)6-8-19-25(22,23)15-5-3-4-14(10-15)13(2)20/h3-5,7,9-10,19H,6,8,11H2,1-2H3,(H,18,21). The van der Waals surface area contributed by atoms with Crippen molar-refractivity contribution in [3.8, 4) is 0 Å². The number of benzene rings is 1. The summed E-state index contributed by atoms with van der Waals surface area (Å²) >= 11 is 1.57. The minimum atomic E-state index is -3.76. The molecule has 8 heteroatoms. The first-order valence-electron chi connectivity index (χ1n) is 7.70. The van der Waals surface area contributed by atoms with E-state index < -0.39 is 10.0 Å². The third-order valence-corrected chi connectivity index (χ3v) is 6.09. The molecule has 134 valence electrons. The lowest BCUT2D eigenvalue weighted by molar-refractivity contribution is -0.121. The highest BCUT2D eigenvalue weighted by atomic mass is 32.2. The number of amides is 1. The zero-order valence-electron chi connectivity index (χ0n) is 14.0. The molecule has 0 unspecified atom stereocenters. The van der Waals surface area contributed by atoms with Gasteiger partial charge in [-0.15, -0.1) is 11.3 Å². The Bertz CT molecular complexity index is 872. The van der Waals surface area contributed by atoms with Gasteiger partial charge in [-0.25, -0.2) is 13.1 Å². The fraction of sp³-hybridized carbons (Fsp3) is 0.294. The second-order valence-corrected chi connectivity index (χ2v) is 8.30. The van der Waals surface area contributed by atoms with E-state index >= 15 is 0 Å². The first-order chi connectivity index (χ1) is 11.8. The van der Waals surface area contributed by atoms with Crippen molar-refractivity contribution in [3.05, 3.63) is 51.7 Å². The van der Waals surface area contributed by atoms with Crippen LogP contribution < -0.4 is 10.0 Å². The largest absolute Gasteiger partial charge is 0.351 e. The molecule has 1 aromatic heterocycles. The number of aryl methyl sites for hydroxylation is 1. The topological polar surface area (TPSA) is 92.3 Å². The van der Waals surface area contributed by atoms with Crippen LogP contribution >= 0.6 is 11.3 Å². The monoisotopic (exact) mass is 380 g/mol. The summed E-state index contributed by atoms with van der Waals surface area (Å²) in [5.41, 5.74) is 1.45. The first-order valence-corrected chi connectivity index (χ1v) is 10.1. The van der Waals surface area contributed by atoms with Gasteiger partial charge in [-0.2, -0.15) is 0 Å². The van der Waals surface area contributed by atoms with Gasteiger partial charge in [0.2, 0.25) is 15.9 Å². The highest BCUT2D eigenvalue weighted by Gasteiger charge is 2.15. The summed E-state index contributed by atoms with van der Waals surface area (Å²) < 4.78 is 26.8. The molecule has 0 fully saturated rings. The van der Waals surface area contributed by atoms with Crippen LogP contribution in [-0.4, -0.2) is 26.7 Å². The second kappa shape index (κ2) is 8.37. The fourth-order valence-corrected chi connectivity index (χ4v) is 4.04. The lowest BCUT2D eigenvalue weighted by Crippen LogP contribution is -2.30. The molecule has 2 N–H and O–H groups in total. The molecule has 2 rings (SSSR count). The second-order valence-electron chi connectivity index (χ2n) is 5.54. The number of Topliss-reactive ketones (excluding diaryl/α,β-unsaturated/α-hetero) is 1. The van der Waals surface area contributed by atoms with Gasteiger partial charge in [0, 0.05) is 23.4 Å². The number of hydrogen-bond acceptors (Lipinski definition) is 5. The fourth-order valence-electron chi connectivity index (χ4n) is 2.12. The van der Waals surface area contributed by atoms with Crippen LogP contribution in [0.15, 0.2) is 40.6 Å². The lowest BCUT2D eigenvalue weighted by Gasteiger charge is -2.08. The van der Waals surface area contributed by atoms with Crippen LogP contribution in [0.3, 0.4) is 0 Å². The van der Waals surface area contributed by atoms with Crippen LogP contribution in [0.4, 0.5) is 0 Å². The highest BCUT2D eigenvalue weighted by molar-refractivity contribution is 7.89. The minimum Gasteiger partial charge on any atom is -0.351 e. The number of carbonyl (C=O) groups excluding carboxylic acids is 2. The number of thiophene rings is 1. The highest BCUT2D eigenvalue weighted by Crippen LogP contribution is 2.15. The SMILES string of the molecule is CC(=O)c1cccc(S(=O)(=O)NCCC(=O)NCc2sccc2C)c1. The Morgan fingerprint density at radius 3 is 2.60 bits per heavy atom. The molecule has 1 heterocycles. The molecule has 0 saturated carbocycles. The van der Waals surface area contributed by atoms with Crippen LogP contribution in [0, 0.1) is 6.92 Å². The number of nitrogens with one attached hydrogen (secondary N) is 2. The summed E-state index contributed by atoms with van der Waals surface area (Å²) in [6.45, 7) is 3.78. The summed E-state index contributed by atoms with van der Waals surface area (Å²) in [5, 5.41) is 4.73. The molecule has 0 bridgehead atoms. The van der Waals surface area contributed by atoms with Crippen molar-refractivity contribution in [1.29, 1.82) is 0 Å². The predicted molar refractivity (Wildman–Crippen MR) is 97.2 cm³/mol. The van der Waals surface area contributed by atoms with Crippen molar-refractivity contribution < 1.29 is 18.0 Å². The van der Waals surface area contributed by atoms with Gasteiger partial charge in [-0.1, -0.05) is 12.1 Å². The van der Waals surface area contributed by atoms with Crippen LogP contribution in [0.1, 0.15) is 34.1 Å². The van der Waals surface area contributed by atoms with E-state index in [9.17, 15) is 18.0 Å². The average molecular weight is 380 g/mol.